The van der Waals surface area contributed by atoms with E-state index < -0.39 is 5.97 Å². The minimum atomic E-state index is -1.09. The Morgan fingerprint density at radius 2 is 2.25 bits per heavy atom. The van der Waals surface area contributed by atoms with E-state index in [0.29, 0.717) is 5.92 Å². The second-order valence-corrected chi connectivity index (χ2v) is 6.82. The van der Waals surface area contributed by atoms with Crippen LogP contribution in [0.25, 0.3) is 0 Å². The fourth-order valence-electron chi connectivity index (χ4n) is 3.67. The lowest BCUT2D eigenvalue weighted by molar-refractivity contribution is 0.0691. The van der Waals surface area contributed by atoms with Crippen LogP contribution in [0.3, 0.4) is 0 Å². The lowest BCUT2D eigenvalue weighted by Gasteiger charge is -2.26. The molecule has 3 atom stereocenters. The summed E-state index contributed by atoms with van der Waals surface area (Å²) >= 11 is 1.10. The molecule has 2 saturated carbocycles. The molecule has 5 nitrogen and oxygen atoms in total. The molecule has 1 amide bonds. The predicted octanol–water partition coefficient (Wildman–Crippen LogP) is 2.35. The van der Waals surface area contributed by atoms with Crippen molar-refractivity contribution < 1.29 is 14.7 Å². The number of hydrogen-bond acceptors (Lipinski definition) is 4. The average molecular weight is 294 g/mol. The van der Waals surface area contributed by atoms with Crippen molar-refractivity contribution in [3.05, 3.63) is 16.1 Å². The zero-order valence-electron chi connectivity index (χ0n) is 11.4. The molecule has 2 bridgehead atoms. The van der Waals surface area contributed by atoms with Crippen molar-refractivity contribution in [2.24, 2.45) is 17.8 Å². The summed E-state index contributed by atoms with van der Waals surface area (Å²) in [7, 11) is 1.79. The van der Waals surface area contributed by atoms with Crippen LogP contribution in [0, 0.1) is 17.8 Å². The Hall–Kier alpha value is -1.43. The summed E-state index contributed by atoms with van der Waals surface area (Å²) < 4.78 is 0. The highest BCUT2D eigenvalue weighted by Crippen LogP contribution is 2.48. The van der Waals surface area contributed by atoms with E-state index in [0.717, 1.165) is 29.7 Å². The van der Waals surface area contributed by atoms with Crippen molar-refractivity contribution in [2.75, 3.05) is 13.6 Å². The standard InChI is InChI=1S/C14H18N2O3S/c1-16(6-10-5-8-2-3-9(10)4-8)13(17)12-15-11(7-20-12)14(18)19/h7-10H,2-6H2,1H3,(H,18,19). The van der Waals surface area contributed by atoms with Crippen LogP contribution in [0.5, 0.6) is 0 Å². The van der Waals surface area contributed by atoms with Crippen molar-refractivity contribution in [3.8, 4) is 0 Å². The van der Waals surface area contributed by atoms with E-state index in [4.69, 9.17) is 5.11 Å². The van der Waals surface area contributed by atoms with E-state index in [2.05, 4.69) is 4.98 Å². The Bertz CT molecular complexity index is 542. The van der Waals surface area contributed by atoms with Crippen molar-refractivity contribution >= 4 is 23.2 Å². The predicted molar refractivity (Wildman–Crippen MR) is 75.0 cm³/mol. The van der Waals surface area contributed by atoms with Crippen LogP contribution in [0.15, 0.2) is 5.38 Å². The number of aromatic nitrogens is 1. The van der Waals surface area contributed by atoms with E-state index in [1.165, 1.54) is 31.1 Å². The largest absolute Gasteiger partial charge is 0.476 e. The van der Waals surface area contributed by atoms with Crippen molar-refractivity contribution in [1.82, 2.24) is 9.88 Å². The molecular formula is C14H18N2O3S. The normalized spacial score (nSPS) is 27.8. The smallest absolute Gasteiger partial charge is 0.355 e. The molecule has 2 fully saturated rings. The van der Waals surface area contributed by atoms with Crippen LogP contribution in [0.4, 0.5) is 0 Å². The van der Waals surface area contributed by atoms with Gasteiger partial charge in [0.1, 0.15) is 0 Å². The molecule has 0 saturated heterocycles. The fourth-order valence-corrected chi connectivity index (χ4v) is 4.45. The molecule has 6 heteroatoms. The van der Waals surface area contributed by atoms with Gasteiger partial charge in [-0.3, -0.25) is 4.79 Å². The van der Waals surface area contributed by atoms with Crippen molar-refractivity contribution in [2.45, 2.75) is 25.7 Å². The van der Waals surface area contributed by atoms with E-state index >= 15 is 0 Å². The number of carbonyl (C=O) groups excluding carboxylic acids is 1. The van der Waals surface area contributed by atoms with E-state index in [9.17, 15) is 9.59 Å². The molecule has 0 radical (unpaired) electrons. The van der Waals surface area contributed by atoms with Crippen LogP contribution in [0.2, 0.25) is 0 Å². The van der Waals surface area contributed by atoms with Gasteiger partial charge in [-0.05, 0) is 37.0 Å². The van der Waals surface area contributed by atoms with Crippen LogP contribution < -0.4 is 0 Å². The molecule has 1 aromatic rings. The van der Waals surface area contributed by atoms with Crippen molar-refractivity contribution in [3.63, 3.8) is 0 Å². The number of hydrogen-bond donors (Lipinski definition) is 1. The Morgan fingerprint density at radius 3 is 2.80 bits per heavy atom. The topological polar surface area (TPSA) is 70.5 Å². The number of carbonyl (C=O) groups is 2. The molecule has 20 heavy (non-hydrogen) atoms. The minimum Gasteiger partial charge on any atom is -0.476 e. The van der Waals surface area contributed by atoms with Crippen LogP contribution in [-0.4, -0.2) is 40.5 Å². The monoisotopic (exact) mass is 294 g/mol. The van der Waals surface area contributed by atoms with Gasteiger partial charge in [0.2, 0.25) is 0 Å². The number of thiazole rings is 1. The molecule has 108 valence electrons. The zero-order chi connectivity index (χ0) is 14.3. The molecule has 3 rings (SSSR count). The van der Waals surface area contributed by atoms with Crippen LogP contribution >= 0.6 is 11.3 Å². The highest BCUT2D eigenvalue weighted by Gasteiger charge is 2.40. The molecular weight excluding hydrogens is 276 g/mol. The van der Waals surface area contributed by atoms with Gasteiger partial charge in [0.15, 0.2) is 10.7 Å². The number of amides is 1. The summed E-state index contributed by atoms with van der Waals surface area (Å²) in [6.07, 6.45) is 5.22. The van der Waals surface area contributed by atoms with Gasteiger partial charge in [-0.2, -0.15) is 0 Å². The summed E-state index contributed by atoms with van der Waals surface area (Å²) in [6, 6.07) is 0. The van der Waals surface area contributed by atoms with Crippen molar-refractivity contribution in [1.29, 1.82) is 0 Å². The lowest BCUT2D eigenvalue weighted by Crippen LogP contribution is -2.33. The highest BCUT2D eigenvalue weighted by atomic mass is 32.1. The average Bonchev–Trinajstić information content (AvgIpc) is 3.13. The van der Waals surface area contributed by atoms with Gasteiger partial charge in [0, 0.05) is 19.0 Å². The third-order valence-corrected chi connectivity index (χ3v) is 5.48. The maximum absolute atomic E-state index is 12.3. The number of rotatable bonds is 4. The molecule has 1 heterocycles. The first-order valence-electron chi connectivity index (χ1n) is 6.99. The summed E-state index contributed by atoms with van der Waals surface area (Å²) in [5, 5.41) is 10.5. The van der Waals surface area contributed by atoms with Gasteiger partial charge < -0.3 is 10.0 Å². The summed E-state index contributed by atoms with van der Waals surface area (Å²) in [5.74, 6) is 1.01. The molecule has 1 aromatic heterocycles. The first kappa shape index (κ1) is 13.5. The summed E-state index contributed by atoms with van der Waals surface area (Å²) in [5.41, 5.74) is -0.0494. The third-order valence-electron chi connectivity index (χ3n) is 4.65. The second kappa shape index (κ2) is 5.16. The first-order valence-corrected chi connectivity index (χ1v) is 7.87. The lowest BCUT2D eigenvalue weighted by atomic mass is 9.88. The molecule has 3 unspecified atom stereocenters. The Kier molecular flexibility index (Phi) is 3.50. The Morgan fingerprint density at radius 1 is 1.45 bits per heavy atom. The molecule has 0 spiro atoms. The van der Waals surface area contributed by atoms with Gasteiger partial charge in [-0.15, -0.1) is 11.3 Å². The molecule has 0 aromatic carbocycles. The fraction of sp³-hybridized carbons (Fsp3) is 0.643. The summed E-state index contributed by atoms with van der Waals surface area (Å²) in [4.78, 5) is 28.6. The van der Waals surface area contributed by atoms with Crippen LogP contribution in [0.1, 0.15) is 46.0 Å². The number of carboxylic acid groups (broad SMARTS) is 1. The maximum atomic E-state index is 12.3. The molecule has 1 N–H and O–H groups in total. The van der Waals surface area contributed by atoms with Crippen LogP contribution in [-0.2, 0) is 0 Å². The quantitative estimate of drug-likeness (QED) is 0.925. The van der Waals surface area contributed by atoms with E-state index in [1.54, 1.807) is 11.9 Å². The van der Waals surface area contributed by atoms with Gasteiger partial charge >= 0.3 is 5.97 Å². The van der Waals surface area contributed by atoms with Gasteiger partial charge in [-0.25, -0.2) is 9.78 Å². The highest BCUT2D eigenvalue weighted by molar-refractivity contribution is 7.11. The van der Waals surface area contributed by atoms with Gasteiger partial charge in [0.05, 0.1) is 0 Å². The molecule has 2 aliphatic rings. The van der Waals surface area contributed by atoms with E-state index in [-0.39, 0.29) is 16.6 Å². The Labute approximate surface area is 121 Å². The van der Waals surface area contributed by atoms with E-state index in [1.807, 2.05) is 0 Å². The molecule has 0 aliphatic heterocycles. The number of nitrogens with zero attached hydrogens (tertiary/aromatic N) is 2. The number of aromatic carboxylic acids is 1. The third kappa shape index (κ3) is 2.44. The Balaban J connectivity index is 1.62. The zero-order valence-corrected chi connectivity index (χ0v) is 12.2. The number of fused-ring (bicyclic) bond motifs is 2. The number of carboxylic acids is 1. The van der Waals surface area contributed by atoms with Gasteiger partial charge in [0.25, 0.3) is 5.91 Å². The SMILES string of the molecule is CN(CC1CC2CCC1C2)C(=O)c1nc(C(=O)O)cs1. The first-order chi connectivity index (χ1) is 9.54. The second-order valence-electron chi connectivity index (χ2n) is 5.96. The van der Waals surface area contributed by atoms with Gasteiger partial charge in [-0.1, -0.05) is 6.42 Å². The molecule has 2 aliphatic carbocycles. The summed E-state index contributed by atoms with van der Waals surface area (Å²) in [6.45, 7) is 0.766. The maximum Gasteiger partial charge on any atom is 0.355 e. The minimum absolute atomic E-state index is 0.0494.